The minimum Gasteiger partial charge on any atom is -0.393 e. The normalized spacial score (nSPS) is 22.0. The molecule has 1 amide bonds. The zero-order chi connectivity index (χ0) is 19.1. The van der Waals surface area contributed by atoms with Crippen molar-refractivity contribution in [2.75, 3.05) is 0 Å². The molecule has 0 saturated heterocycles. The molecule has 0 bridgehead atoms. The van der Waals surface area contributed by atoms with Gasteiger partial charge in [0.05, 0.1) is 29.8 Å². The summed E-state index contributed by atoms with van der Waals surface area (Å²) < 4.78 is 0. The lowest BCUT2D eigenvalue weighted by molar-refractivity contribution is -0.152. The lowest BCUT2D eigenvalue weighted by Gasteiger charge is -2.52. The van der Waals surface area contributed by atoms with Crippen molar-refractivity contribution >= 4 is 5.91 Å². The lowest BCUT2D eigenvalue weighted by Crippen LogP contribution is -2.55. The number of carbonyl (C=O) groups excluding carboxylic acids is 1. The molecule has 0 aromatic carbocycles. The molecule has 4 atom stereocenters. The molecule has 0 aromatic rings. The quantitative estimate of drug-likeness (QED) is 0.364. The summed E-state index contributed by atoms with van der Waals surface area (Å²) in [5.74, 6) is -0.598. The second kappa shape index (κ2) is 9.70. The van der Waals surface area contributed by atoms with Crippen molar-refractivity contribution in [1.82, 2.24) is 0 Å². The first-order valence-corrected chi connectivity index (χ1v) is 8.94. The number of aliphatic hydroxyl groups excluding tert-OH is 4. The molecule has 0 fully saturated rings. The van der Waals surface area contributed by atoms with E-state index in [0.717, 1.165) is 6.42 Å². The number of hydrogen-bond acceptors (Lipinski definition) is 5. The fraction of sp³-hybridized carbons (Fsp3) is 0.944. The molecule has 0 aliphatic carbocycles. The molecule has 0 saturated carbocycles. The van der Waals surface area contributed by atoms with Gasteiger partial charge in [-0.25, -0.2) is 0 Å². The number of aliphatic hydroxyl groups is 4. The summed E-state index contributed by atoms with van der Waals surface area (Å²) in [4.78, 5) is 12.6. The van der Waals surface area contributed by atoms with Crippen molar-refractivity contribution < 1.29 is 25.2 Å². The number of hydrogen-bond donors (Lipinski definition) is 5. The Hall–Kier alpha value is -0.690. The minimum absolute atomic E-state index is 0.0900. The van der Waals surface area contributed by atoms with Crippen LogP contribution in [0, 0.1) is 10.8 Å². The Kier molecular flexibility index (Phi) is 9.43. The van der Waals surface area contributed by atoms with E-state index >= 15 is 0 Å². The van der Waals surface area contributed by atoms with Gasteiger partial charge in [0, 0.05) is 0 Å². The summed E-state index contributed by atoms with van der Waals surface area (Å²) in [6.07, 6.45) is -0.971. The van der Waals surface area contributed by atoms with Crippen LogP contribution in [0.1, 0.15) is 73.1 Å². The third-order valence-electron chi connectivity index (χ3n) is 4.88. The Labute approximate surface area is 146 Å². The average molecular weight is 347 g/mol. The minimum atomic E-state index is -1.21. The van der Waals surface area contributed by atoms with E-state index in [-0.39, 0.29) is 25.7 Å². The van der Waals surface area contributed by atoms with Gasteiger partial charge in [-0.3, -0.25) is 4.79 Å². The highest BCUT2D eigenvalue weighted by atomic mass is 16.3. The average Bonchev–Trinajstić information content (AvgIpc) is 2.34. The van der Waals surface area contributed by atoms with E-state index in [1.54, 1.807) is 27.7 Å². The molecule has 4 unspecified atom stereocenters. The van der Waals surface area contributed by atoms with Crippen LogP contribution in [0.25, 0.3) is 0 Å². The maximum absolute atomic E-state index is 12.6. The molecule has 6 heteroatoms. The molecular formula is C18H37NO5. The third kappa shape index (κ3) is 5.99. The van der Waals surface area contributed by atoms with Gasteiger partial charge in [0.1, 0.15) is 0 Å². The predicted molar refractivity (Wildman–Crippen MR) is 94.2 cm³/mol. The Morgan fingerprint density at radius 2 is 1.17 bits per heavy atom. The smallest absolute Gasteiger partial charge is 0.224 e. The van der Waals surface area contributed by atoms with E-state index in [2.05, 4.69) is 0 Å². The molecule has 0 heterocycles. The van der Waals surface area contributed by atoms with Gasteiger partial charge in [-0.15, -0.1) is 0 Å². The highest BCUT2D eigenvalue weighted by molar-refractivity contribution is 5.82. The van der Waals surface area contributed by atoms with Gasteiger partial charge in [-0.05, 0) is 65.2 Å². The van der Waals surface area contributed by atoms with Crippen molar-refractivity contribution in [3.05, 3.63) is 0 Å². The number of amides is 1. The summed E-state index contributed by atoms with van der Waals surface area (Å²) in [6.45, 7) is 8.42. The molecule has 0 spiro atoms. The summed E-state index contributed by atoms with van der Waals surface area (Å²) in [7, 11) is 0. The van der Waals surface area contributed by atoms with E-state index in [4.69, 9.17) is 5.73 Å². The zero-order valence-corrected chi connectivity index (χ0v) is 15.8. The third-order valence-corrected chi connectivity index (χ3v) is 4.88. The van der Waals surface area contributed by atoms with Crippen LogP contribution in [0.15, 0.2) is 0 Å². The molecule has 24 heavy (non-hydrogen) atoms. The molecule has 6 nitrogen and oxygen atoms in total. The van der Waals surface area contributed by atoms with Crippen molar-refractivity contribution in [2.24, 2.45) is 16.6 Å². The molecule has 0 radical (unpaired) electrons. The van der Waals surface area contributed by atoms with Crippen molar-refractivity contribution in [1.29, 1.82) is 0 Å². The number of carbonyl (C=O) groups is 1. The Bertz CT molecular complexity index is 360. The Balaban J connectivity index is 6.40. The highest BCUT2D eigenvalue weighted by Gasteiger charge is 2.55. The molecule has 0 aliphatic heterocycles. The number of rotatable bonds is 12. The van der Waals surface area contributed by atoms with Crippen LogP contribution >= 0.6 is 0 Å². The van der Waals surface area contributed by atoms with Gasteiger partial charge < -0.3 is 26.2 Å². The summed E-state index contributed by atoms with van der Waals surface area (Å²) >= 11 is 0. The Morgan fingerprint density at radius 1 is 0.833 bits per heavy atom. The van der Waals surface area contributed by atoms with Gasteiger partial charge in [-0.2, -0.15) is 0 Å². The van der Waals surface area contributed by atoms with Crippen molar-refractivity contribution in [3.63, 3.8) is 0 Å². The van der Waals surface area contributed by atoms with Crippen LogP contribution in [0.5, 0.6) is 0 Å². The standard InChI is InChI=1S/C18H37NO5/c1-6-7-17(8-12(2)20,9-13(3)21)18(16(19)24,10-14(4)22)11-15(5)23/h12-15,20-23H,6-11H2,1-5H3,(H2,19,24). The van der Waals surface area contributed by atoms with Crippen LogP contribution in [-0.2, 0) is 4.79 Å². The fourth-order valence-electron chi connectivity index (χ4n) is 4.51. The first-order valence-electron chi connectivity index (χ1n) is 8.94. The van der Waals surface area contributed by atoms with Crippen LogP contribution < -0.4 is 5.73 Å². The molecule has 0 aromatic heterocycles. The number of nitrogens with two attached hydrogens (primary N) is 1. The van der Waals surface area contributed by atoms with Crippen LogP contribution in [-0.4, -0.2) is 50.7 Å². The topological polar surface area (TPSA) is 124 Å². The summed E-state index contributed by atoms with van der Waals surface area (Å²) in [5.41, 5.74) is 3.80. The highest BCUT2D eigenvalue weighted by Crippen LogP contribution is 2.55. The van der Waals surface area contributed by atoms with Gasteiger partial charge in [0.15, 0.2) is 0 Å². The van der Waals surface area contributed by atoms with E-state index in [1.165, 1.54) is 0 Å². The zero-order valence-electron chi connectivity index (χ0n) is 15.8. The molecular weight excluding hydrogens is 310 g/mol. The first-order chi connectivity index (χ1) is 10.9. The second-order valence-corrected chi connectivity index (χ2v) is 7.69. The van der Waals surface area contributed by atoms with E-state index in [9.17, 15) is 25.2 Å². The van der Waals surface area contributed by atoms with Gasteiger partial charge in [-0.1, -0.05) is 13.3 Å². The SMILES string of the molecule is CCCC(CC(C)O)(CC(C)O)C(CC(C)O)(CC(C)O)C(N)=O. The molecule has 144 valence electrons. The van der Waals surface area contributed by atoms with Gasteiger partial charge in [0.25, 0.3) is 0 Å². The maximum atomic E-state index is 12.6. The maximum Gasteiger partial charge on any atom is 0.224 e. The number of primary amides is 1. The lowest BCUT2D eigenvalue weighted by atomic mass is 9.52. The monoisotopic (exact) mass is 347 g/mol. The summed E-state index contributed by atoms with van der Waals surface area (Å²) in [5, 5.41) is 40.2. The van der Waals surface area contributed by atoms with Gasteiger partial charge >= 0.3 is 0 Å². The predicted octanol–water partition coefficient (Wildman–Crippen LogP) is 1.33. The van der Waals surface area contributed by atoms with E-state index < -0.39 is 41.2 Å². The molecule has 0 rings (SSSR count). The van der Waals surface area contributed by atoms with Crippen LogP contribution in [0.4, 0.5) is 0 Å². The second-order valence-electron chi connectivity index (χ2n) is 7.69. The van der Waals surface area contributed by atoms with E-state index in [0.29, 0.717) is 6.42 Å². The Morgan fingerprint density at radius 3 is 1.38 bits per heavy atom. The molecule has 6 N–H and O–H groups in total. The van der Waals surface area contributed by atoms with E-state index in [1.807, 2.05) is 6.92 Å². The summed E-state index contributed by atoms with van der Waals surface area (Å²) in [6, 6.07) is 0. The van der Waals surface area contributed by atoms with Crippen molar-refractivity contribution in [3.8, 4) is 0 Å². The van der Waals surface area contributed by atoms with Crippen LogP contribution in [0.3, 0.4) is 0 Å². The largest absolute Gasteiger partial charge is 0.393 e. The van der Waals surface area contributed by atoms with Crippen LogP contribution in [0.2, 0.25) is 0 Å². The first kappa shape index (κ1) is 23.3. The van der Waals surface area contributed by atoms with Crippen molar-refractivity contribution in [2.45, 2.75) is 97.6 Å². The molecule has 0 aliphatic rings. The van der Waals surface area contributed by atoms with Gasteiger partial charge in [0.2, 0.25) is 5.91 Å². The fourth-order valence-corrected chi connectivity index (χ4v) is 4.51.